The lowest BCUT2D eigenvalue weighted by atomic mass is 10.1. The Labute approximate surface area is 117 Å². The Morgan fingerprint density at radius 2 is 1.68 bits per heavy atom. The van der Waals surface area contributed by atoms with Gasteiger partial charge in [0.05, 0.1) is 0 Å². The Kier molecular flexibility index (Phi) is 3.25. The maximum atomic E-state index is 5.78. The minimum atomic E-state index is 0.716. The zero-order valence-corrected chi connectivity index (χ0v) is 11.0. The zero-order valence-electron chi connectivity index (χ0n) is 10.2. The molecule has 1 radical (unpaired) electrons. The number of hydrogen-bond donors (Lipinski definition) is 0. The monoisotopic (exact) mass is 263 g/mol. The molecule has 0 aliphatic rings. The van der Waals surface area contributed by atoms with E-state index in [0.717, 1.165) is 22.1 Å². The highest BCUT2D eigenvalue weighted by Gasteiger charge is 2.00. The number of hydrogen-bond acceptors (Lipinski definition) is 2. The largest absolute Gasteiger partial charge is 0.457 e. The van der Waals surface area contributed by atoms with Gasteiger partial charge in [0.2, 0.25) is 0 Å². The standard InChI is InChI=1S/C17H11OS/c19-12-13-5-8-16(9-6-13)18-17-10-7-14-3-1-2-4-15(14)11-17/h1-10,12H. The molecule has 0 bridgehead atoms. The molecule has 0 saturated heterocycles. The Morgan fingerprint density at radius 1 is 0.895 bits per heavy atom. The van der Waals surface area contributed by atoms with Crippen LogP contribution in [0.25, 0.3) is 10.8 Å². The Balaban J connectivity index is 1.89. The van der Waals surface area contributed by atoms with Gasteiger partial charge in [-0.15, -0.1) is 0 Å². The Hall–Kier alpha value is -2.19. The van der Waals surface area contributed by atoms with Gasteiger partial charge in [-0.1, -0.05) is 54.7 Å². The van der Waals surface area contributed by atoms with Crippen molar-refractivity contribution in [1.29, 1.82) is 0 Å². The minimum absolute atomic E-state index is 0.716. The van der Waals surface area contributed by atoms with Crippen molar-refractivity contribution in [2.75, 3.05) is 0 Å². The molecular weight excluding hydrogens is 252 g/mol. The van der Waals surface area contributed by atoms with Gasteiger partial charge in [0.15, 0.2) is 0 Å². The SMILES string of the molecule is S=Cc1ccc(Oc2[c]c3ccccc3cc2)cc1. The predicted molar refractivity (Wildman–Crippen MR) is 82.1 cm³/mol. The average molecular weight is 263 g/mol. The van der Waals surface area contributed by atoms with E-state index in [2.05, 4.69) is 12.1 Å². The number of ether oxygens (including phenoxy) is 1. The maximum Gasteiger partial charge on any atom is 0.136 e. The van der Waals surface area contributed by atoms with E-state index in [9.17, 15) is 0 Å². The van der Waals surface area contributed by atoms with E-state index in [1.807, 2.05) is 54.6 Å². The second-order valence-electron chi connectivity index (χ2n) is 4.20. The molecule has 0 fully saturated rings. The number of thiocarbonyl (C=S) groups is 1. The van der Waals surface area contributed by atoms with Crippen molar-refractivity contribution in [1.82, 2.24) is 0 Å². The first kappa shape index (κ1) is 11.9. The summed E-state index contributed by atoms with van der Waals surface area (Å²) < 4.78 is 5.78. The lowest BCUT2D eigenvalue weighted by Crippen LogP contribution is -1.85. The molecule has 91 valence electrons. The van der Waals surface area contributed by atoms with Crippen molar-refractivity contribution in [3.05, 3.63) is 72.3 Å². The van der Waals surface area contributed by atoms with Crippen LogP contribution in [0.1, 0.15) is 5.56 Å². The first-order chi connectivity index (χ1) is 9.35. The summed E-state index contributed by atoms with van der Waals surface area (Å²) in [7, 11) is 0. The predicted octanol–water partition coefficient (Wildman–Crippen LogP) is 4.78. The van der Waals surface area contributed by atoms with Crippen LogP contribution in [0.2, 0.25) is 0 Å². The molecule has 0 N–H and O–H groups in total. The second kappa shape index (κ2) is 5.21. The molecule has 3 rings (SSSR count). The molecule has 1 nitrogen and oxygen atoms in total. The van der Waals surface area contributed by atoms with Crippen LogP contribution >= 0.6 is 12.2 Å². The summed E-state index contributed by atoms with van der Waals surface area (Å²) in [6.07, 6.45) is 0. The fourth-order valence-electron chi connectivity index (χ4n) is 1.90. The van der Waals surface area contributed by atoms with Gasteiger partial charge in [0.25, 0.3) is 0 Å². The first-order valence-corrected chi connectivity index (χ1v) is 6.46. The van der Waals surface area contributed by atoms with E-state index in [4.69, 9.17) is 17.0 Å². The van der Waals surface area contributed by atoms with Gasteiger partial charge in [-0.2, -0.15) is 0 Å². The number of benzene rings is 3. The lowest BCUT2D eigenvalue weighted by molar-refractivity contribution is 0.482. The third-order valence-corrected chi connectivity index (χ3v) is 3.15. The summed E-state index contributed by atoms with van der Waals surface area (Å²) in [6, 6.07) is 23.0. The fourth-order valence-corrected chi connectivity index (χ4v) is 2.05. The third-order valence-electron chi connectivity index (χ3n) is 2.88. The second-order valence-corrected chi connectivity index (χ2v) is 4.43. The highest BCUT2D eigenvalue weighted by atomic mass is 32.1. The van der Waals surface area contributed by atoms with E-state index >= 15 is 0 Å². The molecule has 3 aromatic carbocycles. The zero-order chi connectivity index (χ0) is 13.1. The third kappa shape index (κ3) is 2.64. The van der Waals surface area contributed by atoms with Crippen molar-refractivity contribution in [2.24, 2.45) is 0 Å². The van der Waals surface area contributed by atoms with E-state index < -0.39 is 0 Å². The highest BCUT2D eigenvalue weighted by Crippen LogP contribution is 2.25. The van der Waals surface area contributed by atoms with Crippen LogP contribution in [0.4, 0.5) is 0 Å². The van der Waals surface area contributed by atoms with E-state index in [1.165, 1.54) is 0 Å². The van der Waals surface area contributed by atoms with E-state index in [-0.39, 0.29) is 0 Å². The molecule has 3 aromatic rings. The molecule has 19 heavy (non-hydrogen) atoms. The van der Waals surface area contributed by atoms with Crippen LogP contribution in [0.5, 0.6) is 11.5 Å². The van der Waals surface area contributed by atoms with Gasteiger partial charge in [0.1, 0.15) is 11.5 Å². The molecule has 0 atom stereocenters. The fraction of sp³-hybridized carbons (Fsp3) is 0. The Morgan fingerprint density at radius 3 is 2.47 bits per heavy atom. The summed E-state index contributed by atoms with van der Waals surface area (Å²) in [5, 5.41) is 3.85. The van der Waals surface area contributed by atoms with Gasteiger partial charge in [-0.3, -0.25) is 0 Å². The smallest absolute Gasteiger partial charge is 0.136 e. The number of rotatable bonds is 3. The van der Waals surface area contributed by atoms with Crippen LogP contribution in [0.15, 0.2) is 60.7 Å². The normalized spacial score (nSPS) is 10.3. The average Bonchev–Trinajstić information content (AvgIpc) is 2.48. The summed E-state index contributed by atoms with van der Waals surface area (Å²) >= 11 is 4.87. The van der Waals surface area contributed by atoms with Crippen LogP contribution in [-0.2, 0) is 0 Å². The summed E-state index contributed by atoms with van der Waals surface area (Å²) in [4.78, 5) is 0. The summed E-state index contributed by atoms with van der Waals surface area (Å²) in [5.41, 5.74) is 1.00. The highest BCUT2D eigenvalue weighted by molar-refractivity contribution is 7.79. The molecule has 0 aliphatic heterocycles. The lowest BCUT2D eigenvalue weighted by Gasteiger charge is -2.06. The van der Waals surface area contributed by atoms with Crippen molar-refractivity contribution in [2.45, 2.75) is 0 Å². The van der Waals surface area contributed by atoms with Crippen molar-refractivity contribution >= 4 is 28.4 Å². The molecule has 0 amide bonds. The topological polar surface area (TPSA) is 9.23 Å². The van der Waals surface area contributed by atoms with Crippen LogP contribution in [0, 0.1) is 6.07 Å². The minimum Gasteiger partial charge on any atom is -0.457 e. The molecule has 0 spiro atoms. The molecule has 0 heterocycles. The maximum absolute atomic E-state index is 5.78. The first-order valence-electron chi connectivity index (χ1n) is 5.99. The van der Waals surface area contributed by atoms with Crippen molar-refractivity contribution in [3.8, 4) is 11.5 Å². The van der Waals surface area contributed by atoms with Crippen molar-refractivity contribution in [3.63, 3.8) is 0 Å². The molecule has 2 heteroatoms. The van der Waals surface area contributed by atoms with E-state index in [0.29, 0.717) is 5.75 Å². The van der Waals surface area contributed by atoms with E-state index in [1.54, 1.807) is 5.37 Å². The van der Waals surface area contributed by atoms with Gasteiger partial charge in [-0.25, -0.2) is 0 Å². The van der Waals surface area contributed by atoms with Gasteiger partial charge in [0, 0.05) is 11.4 Å². The molecule has 0 unspecified atom stereocenters. The molecule has 0 saturated carbocycles. The number of fused-ring (bicyclic) bond motifs is 1. The molecule has 0 aromatic heterocycles. The van der Waals surface area contributed by atoms with Crippen LogP contribution in [0.3, 0.4) is 0 Å². The summed E-state index contributed by atoms with van der Waals surface area (Å²) in [5.74, 6) is 1.50. The summed E-state index contributed by atoms with van der Waals surface area (Å²) in [6.45, 7) is 0. The van der Waals surface area contributed by atoms with Crippen molar-refractivity contribution < 1.29 is 4.74 Å². The van der Waals surface area contributed by atoms with Gasteiger partial charge in [-0.05, 0) is 34.5 Å². The van der Waals surface area contributed by atoms with Crippen LogP contribution < -0.4 is 4.74 Å². The molecular formula is C17H11OS. The van der Waals surface area contributed by atoms with Crippen LogP contribution in [-0.4, -0.2) is 5.37 Å². The Bertz CT molecular complexity index is 717. The molecule has 0 aliphatic carbocycles. The van der Waals surface area contributed by atoms with Gasteiger partial charge >= 0.3 is 0 Å². The quantitative estimate of drug-likeness (QED) is 0.629. The van der Waals surface area contributed by atoms with Gasteiger partial charge < -0.3 is 4.74 Å².